The van der Waals surface area contributed by atoms with E-state index in [0.717, 1.165) is 26.5 Å². The largest absolute Gasteiger partial charge is 0.396 e. The van der Waals surface area contributed by atoms with Crippen molar-refractivity contribution in [3.8, 4) is 0 Å². The molecule has 448 valence electrons. The second kappa shape index (κ2) is 36.2. The Morgan fingerprint density at radius 3 is 1.10 bits per heavy atom. The molecule has 0 fully saturated rings. The van der Waals surface area contributed by atoms with Crippen LogP contribution in [0.4, 0.5) is 0 Å². The molecule has 0 saturated carbocycles. The van der Waals surface area contributed by atoms with Gasteiger partial charge in [0, 0.05) is 107 Å². The summed E-state index contributed by atoms with van der Waals surface area (Å²) < 4.78 is 32.3. The van der Waals surface area contributed by atoms with Crippen molar-refractivity contribution in [3.63, 3.8) is 0 Å². The number of rotatable bonds is 22. The van der Waals surface area contributed by atoms with Crippen LogP contribution >= 0.6 is 23.5 Å². The van der Waals surface area contributed by atoms with Gasteiger partial charge in [-0.3, -0.25) is 24.0 Å². The van der Waals surface area contributed by atoms with E-state index in [4.69, 9.17) is 33.5 Å². The summed E-state index contributed by atoms with van der Waals surface area (Å²) >= 11 is 3.22. The monoisotopic (exact) mass is 1180 g/mol. The molecular formula is C70H84O12S2. The summed E-state index contributed by atoms with van der Waals surface area (Å²) in [6.45, 7) is 18.3. The fraction of sp³-hybridized carbons (Fsp3) is 0.329. The number of Topliss-reactive ketones (excluding diaryl/α,β-unsaturated/α-hetero) is 5. The van der Waals surface area contributed by atoms with Gasteiger partial charge in [-0.05, 0) is 51.3 Å². The number of carbonyl (C=O) groups is 5. The summed E-state index contributed by atoms with van der Waals surface area (Å²) in [5.41, 5.74) is 5.13. The van der Waals surface area contributed by atoms with E-state index in [1.165, 1.54) is 28.4 Å². The molecule has 0 atom stereocenters. The number of ketones is 5. The van der Waals surface area contributed by atoms with Crippen molar-refractivity contribution in [2.45, 2.75) is 90.0 Å². The number of aliphatic hydroxyl groups excluding tert-OH is 1. The molecule has 0 radical (unpaired) electrons. The predicted octanol–water partition coefficient (Wildman–Crippen LogP) is 15.2. The van der Waals surface area contributed by atoms with Gasteiger partial charge in [0.15, 0.2) is 11.6 Å². The number of hydrogen-bond acceptors (Lipinski definition) is 14. The maximum Gasteiger partial charge on any atom is 0.260 e. The molecule has 7 rings (SSSR count). The minimum absolute atomic E-state index is 0.126. The number of methoxy groups -OCH3 is 4. The van der Waals surface area contributed by atoms with E-state index in [1.54, 1.807) is 59.9 Å². The highest BCUT2D eigenvalue weighted by molar-refractivity contribution is 7.99. The summed E-state index contributed by atoms with van der Waals surface area (Å²) in [7, 11) is 5.91. The third-order valence-electron chi connectivity index (χ3n) is 12.5. The Kier molecular flexibility index (Phi) is 30.9. The molecule has 0 aromatic heterocycles. The van der Waals surface area contributed by atoms with Gasteiger partial charge in [-0.2, -0.15) is 0 Å². The molecule has 0 spiro atoms. The first-order chi connectivity index (χ1) is 40.1. The lowest BCUT2D eigenvalue weighted by Crippen LogP contribution is -2.40. The van der Waals surface area contributed by atoms with Crippen LogP contribution in [0.2, 0.25) is 0 Å². The average molecular weight is 1180 g/mol. The van der Waals surface area contributed by atoms with Crippen molar-refractivity contribution in [1.29, 1.82) is 0 Å². The number of aryl methyl sites for hydroxylation is 1. The van der Waals surface area contributed by atoms with E-state index < -0.39 is 17.9 Å². The topological polar surface area (TPSA) is 161 Å². The normalized spacial score (nSPS) is 11.2. The molecular weight excluding hydrogens is 1100 g/mol. The maximum absolute atomic E-state index is 13.0. The average Bonchev–Trinajstić information content (AvgIpc) is 3.68. The zero-order chi connectivity index (χ0) is 62.4. The number of aliphatic hydroxyl groups is 1. The SMILES string of the molecule is CC(C)(C)C(=O)c1ccc(SCCO)cc1.CC(C)(C)C(=O)c1ccccc1.CCOC(OCC)C(=O)c1ccccc1.COC(OC)(C(=O)c1ccc(SC)cc1)c1ccc(C)cc1.COC(OC)(C(=O)c1ccccc1)c1ccccc1. The molecule has 12 nitrogen and oxygen atoms in total. The zero-order valence-electron chi connectivity index (χ0n) is 51.1. The lowest BCUT2D eigenvalue weighted by atomic mass is 9.87. The van der Waals surface area contributed by atoms with Gasteiger partial charge < -0.3 is 33.5 Å². The zero-order valence-corrected chi connectivity index (χ0v) is 52.8. The quantitative estimate of drug-likeness (QED) is 0.0388. The first kappa shape index (κ1) is 71.6. The first-order valence-corrected chi connectivity index (χ1v) is 29.7. The Morgan fingerprint density at radius 2 is 0.750 bits per heavy atom. The molecule has 7 aromatic rings. The third kappa shape index (κ3) is 21.4. The molecule has 0 aliphatic carbocycles. The number of hydrogen-bond donors (Lipinski definition) is 1. The van der Waals surface area contributed by atoms with Gasteiger partial charge in [-0.25, -0.2) is 0 Å². The molecule has 0 aliphatic rings. The molecule has 0 saturated heterocycles. The molecule has 0 amide bonds. The third-order valence-corrected chi connectivity index (χ3v) is 14.2. The number of carbonyl (C=O) groups excluding carboxylic acids is 5. The molecule has 0 aliphatic heterocycles. The molecule has 14 heteroatoms. The molecule has 7 aromatic carbocycles. The van der Waals surface area contributed by atoms with Crippen molar-refractivity contribution in [3.05, 3.63) is 239 Å². The van der Waals surface area contributed by atoms with Gasteiger partial charge in [0.2, 0.25) is 23.6 Å². The maximum atomic E-state index is 13.0. The fourth-order valence-electron chi connectivity index (χ4n) is 7.98. The van der Waals surface area contributed by atoms with Crippen LogP contribution in [0.15, 0.2) is 204 Å². The van der Waals surface area contributed by atoms with E-state index in [2.05, 4.69) is 0 Å². The predicted molar refractivity (Wildman–Crippen MR) is 338 cm³/mol. The van der Waals surface area contributed by atoms with Crippen LogP contribution in [0.5, 0.6) is 0 Å². The molecule has 0 unspecified atom stereocenters. The van der Waals surface area contributed by atoms with Crippen LogP contribution in [0.25, 0.3) is 0 Å². The summed E-state index contributed by atoms with van der Waals surface area (Å²) in [5, 5.41) is 8.70. The lowest BCUT2D eigenvalue weighted by molar-refractivity contribution is -0.176. The first-order valence-electron chi connectivity index (χ1n) is 27.5. The standard InChI is InChI=1S/C18H20O3S.C16H16O3.C13H18O2S.C12H16O3.C11H14O/c1-13-5-9-15(10-6-13)18(20-2,21-3)17(19)14-7-11-16(22-4)12-8-14;1-18-16(19-2,14-11-7-4-8-12-14)15(17)13-9-5-3-6-10-13;1-13(2,3)12(15)10-4-6-11(7-5-10)16-9-8-14;1-3-14-12(15-4-2)11(13)10-8-6-5-7-9-10;1-11(2,3)10(12)9-7-5-4-6-8-9/h5-12H,1-4H3;3-12H,1-2H3;4-7,14H,8-9H2,1-3H3;5-9,12H,3-4H2,1-2H3;4-8H,1-3H3. The van der Waals surface area contributed by atoms with Gasteiger partial charge in [0.05, 0.1) is 6.61 Å². The van der Waals surface area contributed by atoms with Crippen LogP contribution in [-0.2, 0) is 40.0 Å². The highest BCUT2D eigenvalue weighted by Crippen LogP contribution is 2.33. The van der Waals surface area contributed by atoms with Gasteiger partial charge in [-0.15, -0.1) is 23.5 Å². The Labute approximate surface area is 507 Å². The van der Waals surface area contributed by atoms with E-state index >= 15 is 0 Å². The fourth-order valence-corrected chi connectivity index (χ4v) is 9.04. The summed E-state index contributed by atoms with van der Waals surface area (Å²) in [6.07, 6.45) is 1.22. The Morgan fingerprint density at radius 1 is 0.429 bits per heavy atom. The molecule has 0 heterocycles. The van der Waals surface area contributed by atoms with E-state index in [1.807, 2.05) is 226 Å². The van der Waals surface area contributed by atoms with Crippen molar-refractivity contribution < 1.29 is 57.5 Å². The van der Waals surface area contributed by atoms with Gasteiger partial charge >= 0.3 is 0 Å². The highest BCUT2D eigenvalue weighted by atomic mass is 32.2. The molecule has 1 N–H and O–H groups in total. The number of ether oxygens (including phenoxy) is 6. The summed E-state index contributed by atoms with van der Waals surface area (Å²) in [5.74, 6) is -2.34. The smallest absolute Gasteiger partial charge is 0.260 e. The number of benzene rings is 7. The second-order valence-corrected chi connectivity index (χ2v) is 22.7. The molecule has 0 bridgehead atoms. The van der Waals surface area contributed by atoms with E-state index in [0.29, 0.717) is 46.8 Å². The van der Waals surface area contributed by atoms with E-state index in [-0.39, 0.29) is 46.4 Å². The van der Waals surface area contributed by atoms with Crippen molar-refractivity contribution in [2.24, 2.45) is 10.8 Å². The Balaban J connectivity index is 0.000000279. The van der Waals surface area contributed by atoms with Crippen molar-refractivity contribution in [2.75, 3.05) is 60.3 Å². The van der Waals surface area contributed by atoms with Gasteiger partial charge in [0.25, 0.3) is 11.6 Å². The minimum Gasteiger partial charge on any atom is -0.396 e. The summed E-state index contributed by atoms with van der Waals surface area (Å²) in [6, 6.07) is 59.2. The highest BCUT2D eigenvalue weighted by Gasteiger charge is 2.42. The van der Waals surface area contributed by atoms with Crippen LogP contribution in [0, 0.1) is 17.8 Å². The Bertz CT molecular complexity index is 3020. The van der Waals surface area contributed by atoms with Crippen LogP contribution in [0.3, 0.4) is 0 Å². The van der Waals surface area contributed by atoms with Crippen molar-refractivity contribution in [1.82, 2.24) is 0 Å². The number of thioether (sulfide) groups is 2. The van der Waals surface area contributed by atoms with Crippen LogP contribution in [0.1, 0.15) is 124 Å². The second-order valence-electron chi connectivity index (χ2n) is 20.6. The minimum atomic E-state index is -1.42. The van der Waals surface area contributed by atoms with Crippen LogP contribution in [-0.4, -0.2) is 101 Å². The van der Waals surface area contributed by atoms with Crippen molar-refractivity contribution >= 4 is 52.4 Å². The van der Waals surface area contributed by atoms with Crippen LogP contribution < -0.4 is 0 Å². The van der Waals surface area contributed by atoms with Gasteiger partial charge in [-0.1, -0.05) is 217 Å². The van der Waals surface area contributed by atoms with Gasteiger partial charge in [0.1, 0.15) is 0 Å². The summed E-state index contributed by atoms with van der Waals surface area (Å²) in [4.78, 5) is 63.3. The molecule has 84 heavy (non-hydrogen) atoms. The Hall–Kier alpha value is -6.69. The van der Waals surface area contributed by atoms with E-state index in [9.17, 15) is 24.0 Å². The lowest BCUT2D eigenvalue weighted by Gasteiger charge is -2.29.